The summed E-state index contributed by atoms with van der Waals surface area (Å²) < 4.78 is 0.635. The van der Waals surface area contributed by atoms with Gasteiger partial charge in [0.2, 0.25) is 0 Å². The lowest BCUT2D eigenvalue weighted by atomic mass is 9.97. The summed E-state index contributed by atoms with van der Waals surface area (Å²) in [5, 5.41) is 19.0. The summed E-state index contributed by atoms with van der Waals surface area (Å²) in [5.74, 6) is -0.475. The molecule has 0 bridgehead atoms. The number of halogens is 2. The number of nitrogens with zero attached hydrogens (tertiary/aromatic N) is 1. The van der Waals surface area contributed by atoms with Gasteiger partial charge in [0.15, 0.2) is 5.78 Å². The van der Waals surface area contributed by atoms with Crippen molar-refractivity contribution in [1.82, 2.24) is 0 Å². The van der Waals surface area contributed by atoms with Crippen LogP contribution in [0, 0.1) is 0 Å². The van der Waals surface area contributed by atoms with E-state index < -0.39 is 11.8 Å². The maximum Gasteiger partial charge on any atom is 0.182 e. The first-order valence-corrected chi connectivity index (χ1v) is 7.09. The van der Waals surface area contributed by atoms with Crippen molar-refractivity contribution >= 4 is 35.0 Å². The number of hydrogen-bond donors (Lipinski definition) is 3. The molecule has 0 aromatic heterocycles. The van der Waals surface area contributed by atoms with E-state index in [0.29, 0.717) is 3.94 Å². The number of Topliss-reactive ketones (excluding diaryl/α,β-unsaturated/α-hetero) is 1. The van der Waals surface area contributed by atoms with Gasteiger partial charge in [0.1, 0.15) is 17.2 Å². The van der Waals surface area contributed by atoms with Crippen LogP contribution in [0.4, 0.5) is 5.69 Å². The van der Waals surface area contributed by atoms with Crippen LogP contribution < -0.4 is 9.67 Å². The number of nitrogens with two attached hydrogens (primary N) is 1. The molecule has 0 amide bonds. The quantitative estimate of drug-likeness (QED) is 0.575. The maximum atomic E-state index is 12.5. The van der Waals surface area contributed by atoms with Crippen molar-refractivity contribution in [2.24, 2.45) is 5.73 Å². The highest BCUT2D eigenvalue weighted by molar-refractivity contribution is 6.50. The highest BCUT2D eigenvalue weighted by Gasteiger charge is 2.23. The Bertz CT molecular complexity index is 675. The molecule has 4 N–H and O–H groups in total. The molecule has 0 spiro atoms. The van der Waals surface area contributed by atoms with Crippen molar-refractivity contribution in [2.45, 2.75) is 12.5 Å². The Kier molecular flexibility index (Phi) is 5.13. The van der Waals surface area contributed by atoms with E-state index in [-0.39, 0.29) is 29.2 Å². The average molecular weight is 341 g/mol. The molecule has 22 heavy (non-hydrogen) atoms. The van der Waals surface area contributed by atoms with Crippen LogP contribution in [-0.2, 0) is 6.42 Å². The van der Waals surface area contributed by atoms with E-state index in [1.165, 1.54) is 30.3 Å². The molecule has 0 aliphatic rings. The molecule has 5 nitrogen and oxygen atoms in total. The number of para-hydroxylation sites is 1. The third-order valence-electron chi connectivity index (χ3n) is 3.18. The van der Waals surface area contributed by atoms with E-state index in [1.54, 1.807) is 12.1 Å². The Balaban J connectivity index is 2.24. The second-order valence-corrected chi connectivity index (χ2v) is 5.60. The molecule has 0 heterocycles. The van der Waals surface area contributed by atoms with Gasteiger partial charge in [0.05, 0.1) is 6.04 Å². The molecule has 2 aromatic rings. The summed E-state index contributed by atoms with van der Waals surface area (Å²) in [4.78, 5) is 12.5. The first-order chi connectivity index (χ1) is 10.4. The van der Waals surface area contributed by atoms with E-state index in [9.17, 15) is 15.0 Å². The van der Waals surface area contributed by atoms with Crippen LogP contribution in [0.3, 0.4) is 0 Å². The fourth-order valence-electron chi connectivity index (χ4n) is 2.09. The van der Waals surface area contributed by atoms with Crippen molar-refractivity contribution < 1.29 is 15.0 Å². The summed E-state index contributed by atoms with van der Waals surface area (Å²) in [5.41, 5.74) is 6.87. The number of carbonyl (C=O) groups excluding carboxylic acids is 1. The second kappa shape index (κ2) is 6.87. The normalized spacial score (nSPS) is 12.0. The van der Waals surface area contributed by atoms with E-state index in [4.69, 9.17) is 29.3 Å². The highest BCUT2D eigenvalue weighted by atomic mass is 35.5. The topological polar surface area (TPSA) is 86.8 Å². The van der Waals surface area contributed by atoms with Crippen LogP contribution in [0.1, 0.15) is 15.9 Å². The minimum absolute atomic E-state index is 0.00279. The Morgan fingerprint density at radius 3 is 2.36 bits per heavy atom. The largest absolute Gasteiger partial charge is 0.508 e. The second-order valence-electron chi connectivity index (χ2n) is 4.75. The molecule has 116 valence electrons. The summed E-state index contributed by atoms with van der Waals surface area (Å²) in [7, 11) is 0. The van der Waals surface area contributed by atoms with Gasteiger partial charge in [-0.05, 0) is 36.2 Å². The number of hydrogen-bond acceptors (Lipinski definition) is 5. The van der Waals surface area contributed by atoms with Crippen molar-refractivity contribution in [3.8, 4) is 11.5 Å². The smallest absolute Gasteiger partial charge is 0.182 e. The van der Waals surface area contributed by atoms with Crippen LogP contribution in [0.25, 0.3) is 0 Å². The van der Waals surface area contributed by atoms with Gasteiger partial charge in [-0.1, -0.05) is 18.2 Å². The molecular weight excluding hydrogens is 327 g/mol. The van der Waals surface area contributed by atoms with Crippen molar-refractivity contribution in [1.29, 1.82) is 0 Å². The van der Waals surface area contributed by atoms with Crippen LogP contribution >= 0.6 is 23.6 Å². The number of carbonyl (C=O) groups is 1. The number of phenolic OH excluding ortho intramolecular Hbond substituents is 2. The molecule has 0 aliphatic heterocycles. The number of phenols is 2. The number of aromatic hydroxyl groups is 2. The monoisotopic (exact) mass is 340 g/mol. The molecule has 0 unspecified atom stereocenters. The average Bonchev–Trinajstić information content (AvgIpc) is 2.48. The van der Waals surface area contributed by atoms with Gasteiger partial charge < -0.3 is 15.9 Å². The van der Waals surface area contributed by atoms with Crippen LogP contribution in [0.5, 0.6) is 11.5 Å². The molecule has 0 aliphatic carbocycles. The van der Waals surface area contributed by atoms with Gasteiger partial charge >= 0.3 is 0 Å². The molecule has 0 saturated carbocycles. The van der Waals surface area contributed by atoms with E-state index in [2.05, 4.69) is 0 Å². The minimum atomic E-state index is -0.835. The highest BCUT2D eigenvalue weighted by Crippen LogP contribution is 2.34. The molecular formula is C15H14Cl2N2O3. The molecule has 2 aromatic carbocycles. The molecule has 7 heteroatoms. The summed E-state index contributed by atoms with van der Waals surface area (Å²) in [6.07, 6.45) is 0.277. The Morgan fingerprint density at radius 1 is 1.14 bits per heavy atom. The van der Waals surface area contributed by atoms with Gasteiger partial charge in [-0.15, -0.1) is 0 Å². The Hall–Kier alpha value is -1.95. The van der Waals surface area contributed by atoms with E-state index in [1.807, 2.05) is 0 Å². The zero-order valence-electron chi connectivity index (χ0n) is 11.4. The maximum absolute atomic E-state index is 12.5. The predicted molar refractivity (Wildman–Crippen MR) is 86.4 cm³/mol. The molecule has 0 radical (unpaired) electrons. The molecule has 0 fully saturated rings. The van der Waals surface area contributed by atoms with E-state index >= 15 is 0 Å². The lowest BCUT2D eigenvalue weighted by molar-refractivity contribution is 0.0961. The van der Waals surface area contributed by atoms with Gasteiger partial charge in [0.25, 0.3) is 0 Å². The van der Waals surface area contributed by atoms with Crippen LogP contribution in [0.15, 0.2) is 42.5 Å². The van der Waals surface area contributed by atoms with Crippen molar-refractivity contribution in [3.63, 3.8) is 0 Å². The number of anilines is 1. The minimum Gasteiger partial charge on any atom is -0.508 e. The first kappa shape index (κ1) is 16.4. The summed E-state index contributed by atoms with van der Waals surface area (Å²) in [6.45, 7) is 0. The predicted octanol–water partition coefficient (Wildman–Crippen LogP) is 2.96. The SMILES string of the molecule is N[C@@H](Cc1ccc(O)cc1)C(=O)c1cccc(O)c1N(Cl)Cl. The summed E-state index contributed by atoms with van der Waals surface area (Å²) in [6, 6.07) is 9.94. The fourth-order valence-corrected chi connectivity index (χ4v) is 2.44. The Labute approximate surface area is 137 Å². The zero-order chi connectivity index (χ0) is 16.3. The third-order valence-corrected chi connectivity index (χ3v) is 3.52. The standard InChI is InChI=1S/C15H14Cl2N2O3/c16-19(17)14-11(2-1-3-13(14)21)15(22)12(18)8-9-4-6-10(20)7-5-9/h1-7,12,20-21H,8,18H2/t12-/m0/s1. The number of ketones is 1. The number of rotatable bonds is 5. The number of benzene rings is 2. The van der Waals surface area contributed by atoms with Crippen molar-refractivity contribution in [2.75, 3.05) is 3.94 Å². The van der Waals surface area contributed by atoms with Crippen molar-refractivity contribution in [3.05, 3.63) is 53.6 Å². The van der Waals surface area contributed by atoms with Crippen LogP contribution in [0.2, 0.25) is 0 Å². The molecule has 2 rings (SSSR count). The van der Waals surface area contributed by atoms with Crippen LogP contribution in [-0.4, -0.2) is 22.0 Å². The lowest BCUT2D eigenvalue weighted by Gasteiger charge is -2.16. The first-order valence-electron chi connectivity index (χ1n) is 6.41. The van der Waals surface area contributed by atoms with Gasteiger partial charge in [-0.3, -0.25) is 4.79 Å². The molecule has 1 atom stereocenters. The van der Waals surface area contributed by atoms with Gasteiger partial charge in [-0.2, -0.15) is 3.94 Å². The van der Waals surface area contributed by atoms with Gasteiger partial charge in [-0.25, -0.2) is 0 Å². The van der Waals surface area contributed by atoms with E-state index in [0.717, 1.165) is 5.56 Å². The van der Waals surface area contributed by atoms with Gasteiger partial charge in [0, 0.05) is 29.1 Å². The summed E-state index contributed by atoms with van der Waals surface area (Å²) >= 11 is 11.3. The Morgan fingerprint density at radius 2 is 1.77 bits per heavy atom. The zero-order valence-corrected chi connectivity index (χ0v) is 12.9. The lowest BCUT2D eigenvalue weighted by Crippen LogP contribution is -2.33. The molecule has 0 saturated heterocycles. The fraction of sp³-hybridized carbons (Fsp3) is 0.133. The third kappa shape index (κ3) is 3.62.